The molecule has 2 aromatic rings. The van der Waals surface area contributed by atoms with E-state index in [1.54, 1.807) is 42.5 Å². The number of anilines is 1. The number of ether oxygens (including phenoxy) is 2. The van der Waals surface area contributed by atoms with Crippen LogP contribution in [0, 0.1) is 11.3 Å². The highest BCUT2D eigenvalue weighted by molar-refractivity contribution is 6.34. The Labute approximate surface area is 157 Å². The second-order valence-electron chi connectivity index (χ2n) is 5.65. The highest BCUT2D eigenvalue weighted by Gasteiger charge is 2.15. The van der Waals surface area contributed by atoms with E-state index in [0.29, 0.717) is 27.8 Å². The highest BCUT2D eigenvalue weighted by atomic mass is 35.5. The van der Waals surface area contributed by atoms with Crippen LogP contribution in [0.2, 0.25) is 5.02 Å². The molecular weight excluding hydrogens is 352 g/mol. The van der Waals surface area contributed by atoms with Gasteiger partial charge in [0, 0.05) is 5.56 Å². The van der Waals surface area contributed by atoms with Gasteiger partial charge in [-0.2, -0.15) is 5.26 Å². The normalized spacial score (nSPS) is 11.0. The lowest BCUT2D eigenvalue weighted by Gasteiger charge is -2.16. The molecule has 0 saturated heterocycles. The Bertz CT molecular complexity index is 870. The zero-order chi connectivity index (χ0) is 19.1. The fourth-order valence-electron chi connectivity index (χ4n) is 2.23. The van der Waals surface area contributed by atoms with Gasteiger partial charge in [0.15, 0.2) is 11.5 Å². The van der Waals surface area contributed by atoms with Crippen molar-refractivity contribution >= 4 is 29.3 Å². The molecule has 1 amide bonds. The van der Waals surface area contributed by atoms with E-state index in [1.807, 2.05) is 19.9 Å². The third-order valence-corrected chi connectivity index (χ3v) is 3.70. The molecule has 2 aromatic carbocycles. The number of nitriles is 1. The summed E-state index contributed by atoms with van der Waals surface area (Å²) in [5.41, 5.74) is 0.931. The van der Waals surface area contributed by atoms with Crippen molar-refractivity contribution < 1.29 is 14.3 Å². The standard InChI is InChI=1S/C20H19ClN2O3/c1-13(2)26-19-14(7-6-10-18(19)25-3)11-15(12-22)20(24)23-17-9-5-4-8-16(17)21/h4-11,13H,1-3H3,(H,23,24)/b15-11+. The number of carbonyl (C=O) groups excluding carboxylic acids is 1. The minimum Gasteiger partial charge on any atom is -0.493 e. The Morgan fingerprint density at radius 3 is 2.58 bits per heavy atom. The lowest BCUT2D eigenvalue weighted by atomic mass is 10.1. The molecule has 0 unspecified atom stereocenters. The maximum absolute atomic E-state index is 12.5. The summed E-state index contributed by atoms with van der Waals surface area (Å²) in [5, 5.41) is 12.4. The molecule has 0 aliphatic carbocycles. The molecule has 0 heterocycles. The number of halogens is 1. The number of benzene rings is 2. The fraction of sp³-hybridized carbons (Fsp3) is 0.200. The maximum atomic E-state index is 12.5. The van der Waals surface area contributed by atoms with Gasteiger partial charge in [-0.1, -0.05) is 35.9 Å². The van der Waals surface area contributed by atoms with Crippen molar-refractivity contribution in [2.75, 3.05) is 12.4 Å². The Morgan fingerprint density at radius 2 is 1.96 bits per heavy atom. The van der Waals surface area contributed by atoms with Crippen LogP contribution in [-0.4, -0.2) is 19.1 Å². The second kappa shape index (κ2) is 8.93. The van der Waals surface area contributed by atoms with E-state index in [2.05, 4.69) is 5.32 Å². The van der Waals surface area contributed by atoms with E-state index < -0.39 is 5.91 Å². The van der Waals surface area contributed by atoms with Crippen LogP contribution in [0.25, 0.3) is 6.08 Å². The lowest BCUT2D eigenvalue weighted by molar-refractivity contribution is -0.112. The van der Waals surface area contributed by atoms with Gasteiger partial charge in [0.2, 0.25) is 0 Å². The molecule has 5 nitrogen and oxygen atoms in total. The smallest absolute Gasteiger partial charge is 0.266 e. The van der Waals surface area contributed by atoms with Gasteiger partial charge in [0.1, 0.15) is 11.6 Å². The number of hydrogen-bond donors (Lipinski definition) is 1. The predicted octanol–water partition coefficient (Wildman–Crippen LogP) is 4.68. The number of methoxy groups -OCH3 is 1. The second-order valence-corrected chi connectivity index (χ2v) is 6.06. The van der Waals surface area contributed by atoms with Crippen LogP contribution in [0.5, 0.6) is 11.5 Å². The summed E-state index contributed by atoms with van der Waals surface area (Å²) in [4.78, 5) is 12.5. The predicted molar refractivity (Wildman–Crippen MR) is 102 cm³/mol. The minimum absolute atomic E-state index is 0.0771. The van der Waals surface area contributed by atoms with Gasteiger partial charge >= 0.3 is 0 Å². The Hall–Kier alpha value is -2.97. The first-order chi connectivity index (χ1) is 12.5. The molecule has 0 bridgehead atoms. The van der Waals surface area contributed by atoms with Crippen molar-refractivity contribution in [1.29, 1.82) is 5.26 Å². The molecule has 0 fully saturated rings. The van der Waals surface area contributed by atoms with Crippen molar-refractivity contribution in [3.63, 3.8) is 0 Å². The van der Waals surface area contributed by atoms with Gasteiger partial charge in [0.25, 0.3) is 5.91 Å². The number of nitrogens with one attached hydrogen (secondary N) is 1. The first kappa shape index (κ1) is 19.4. The number of nitrogens with zero attached hydrogens (tertiary/aromatic N) is 1. The van der Waals surface area contributed by atoms with Gasteiger partial charge in [-0.05, 0) is 38.1 Å². The summed E-state index contributed by atoms with van der Waals surface area (Å²) in [6.07, 6.45) is 1.37. The van der Waals surface area contributed by atoms with Gasteiger partial charge in [0.05, 0.1) is 23.9 Å². The molecule has 0 aliphatic heterocycles. The van der Waals surface area contributed by atoms with Crippen LogP contribution in [-0.2, 0) is 4.79 Å². The molecule has 6 heteroatoms. The summed E-state index contributed by atoms with van der Waals surface area (Å²) < 4.78 is 11.1. The van der Waals surface area contributed by atoms with Gasteiger partial charge in [-0.15, -0.1) is 0 Å². The average Bonchev–Trinajstić information content (AvgIpc) is 2.62. The molecule has 26 heavy (non-hydrogen) atoms. The lowest BCUT2D eigenvalue weighted by Crippen LogP contribution is -2.14. The van der Waals surface area contributed by atoms with E-state index in [9.17, 15) is 10.1 Å². The van der Waals surface area contributed by atoms with E-state index in [1.165, 1.54) is 13.2 Å². The van der Waals surface area contributed by atoms with Crippen LogP contribution in [0.4, 0.5) is 5.69 Å². The molecule has 2 rings (SSSR count). The molecule has 0 aromatic heterocycles. The zero-order valence-electron chi connectivity index (χ0n) is 14.7. The van der Waals surface area contributed by atoms with Crippen LogP contribution in [0.3, 0.4) is 0 Å². The topological polar surface area (TPSA) is 71.3 Å². The third-order valence-electron chi connectivity index (χ3n) is 3.37. The summed E-state index contributed by atoms with van der Waals surface area (Å²) in [6, 6.07) is 14.0. The van der Waals surface area contributed by atoms with E-state index in [0.717, 1.165) is 0 Å². The van der Waals surface area contributed by atoms with E-state index in [-0.39, 0.29) is 11.7 Å². The minimum atomic E-state index is -0.557. The summed E-state index contributed by atoms with van der Waals surface area (Å²) in [5.74, 6) is 0.443. The Balaban J connectivity index is 2.38. The number of hydrogen-bond acceptors (Lipinski definition) is 4. The van der Waals surface area contributed by atoms with Gasteiger partial charge in [-0.25, -0.2) is 0 Å². The van der Waals surface area contributed by atoms with Crippen molar-refractivity contribution in [1.82, 2.24) is 0 Å². The monoisotopic (exact) mass is 370 g/mol. The average molecular weight is 371 g/mol. The summed E-state index contributed by atoms with van der Waals surface area (Å²) in [6.45, 7) is 3.77. The molecule has 1 N–H and O–H groups in total. The Morgan fingerprint density at radius 1 is 1.23 bits per heavy atom. The number of rotatable bonds is 6. The van der Waals surface area contributed by atoms with Gasteiger partial charge in [-0.3, -0.25) is 4.79 Å². The third kappa shape index (κ3) is 4.78. The van der Waals surface area contributed by atoms with Crippen molar-refractivity contribution in [2.24, 2.45) is 0 Å². The fourth-order valence-corrected chi connectivity index (χ4v) is 2.41. The van der Waals surface area contributed by atoms with Crippen molar-refractivity contribution in [2.45, 2.75) is 20.0 Å². The zero-order valence-corrected chi connectivity index (χ0v) is 15.5. The molecule has 0 aliphatic rings. The van der Waals surface area contributed by atoms with Crippen LogP contribution in [0.15, 0.2) is 48.0 Å². The summed E-state index contributed by atoms with van der Waals surface area (Å²) >= 11 is 6.04. The first-order valence-corrected chi connectivity index (χ1v) is 8.35. The van der Waals surface area contributed by atoms with Crippen molar-refractivity contribution in [3.05, 3.63) is 58.6 Å². The number of amides is 1. The van der Waals surface area contributed by atoms with E-state index >= 15 is 0 Å². The van der Waals surface area contributed by atoms with Crippen molar-refractivity contribution in [3.8, 4) is 17.6 Å². The van der Waals surface area contributed by atoms with E-state index in [4.69, 9.17) is 21.1 Å². The van der Waals surface area contributed by atoms with Crippen LogP contribution < -0.4 is 14.8 Å². The molecule has 0 radical (unpaired) electrons. The largest absolute Gasteiger partial charge is 0.493 e. The number of para-hydroxylation sites is 2. The molecule has 0 atom stereocenters. The van der Waals surface area contributed by atoms with Crippen LogP contribution >= 0.6 is 11.6 Å². The highest BCUT2D eigenvalue weighted by Crippen LogP contribution is 2.33. The molecule has 134 valence electrons. The quantitative estimate of drug-likeness (QED) is 0.592. The first-order valence-electron chi connectivity index (χ1n) is 7.97. The maximum Gasteiger partial charge on any atom is 0.266 e. The van der Waals surface area contributed by atoms with Gasteiger partial charge < -0.3 is 14.8 Å². The number of carbonyl (C=O) groups is 1. The molecule has 0 spiro atoms. The summed E-state index contributed by atoms with van der Waals surface area (Å²) in [7, 11) is 1.53. The van der Waals surface area contributed by atoms with Crippen LogP contribution in [0.1, 0.15) is 19.4 Å². The Kier molecular flexibility index (Phi) is 6.65. The molecule has 0 saturated carbocycles. The SMILES string of the molecule is COc1cccc(/C=C(\C#N)C(=O)Nc2ccccc2Cl)c1OC(C)C. The molecular formula is C20H19ClN2O3.